The minimum atomic E-state index is -0.0357. The number of piperidine rings is 1. The molecular formula is C20H27N3O2. The molecule has 1 aliphatic heterocycles. The van der Waals surface area contributed by atoms with E-state index in [1.54, 1.807) is 6.07 Å². The van der Waals surface area contributed by atoms with Gasteiger partial charge in [0.15, 0.2) is 0 Å². The lowest BCUT2D eigenvalue weighted by Gasteiger charge is -2.35. The number of aromatic nitrogens is 1. The van der Waals surface area contributed by atoms with Gasteiger partial charge in [0.25, 0.3) is 0 Å². The highest BCUT2D eigenvalue weighted by molar-refractivity contribution is 5.91. The van der Waals surface area contributed by atoms with Crippen molar-refractivity contribution in [3.63, 3.8) is 0 Å². The van der Waals surface area contributed by atoms with Gasteiger partial charge in [-0.15, -0.1) is 0 Å². The van der Waals surface area contributed by atoms with Crippen molar-refractivity contribution in [2.24, 2.45) is 0 Å². The van der Waals surface area contributed by atoms with E-state index >= 15 is 0 Å². The summed E-state index contributed by atoms with van der Waals surface area (Å²) in [5, 5.41) is 6.82. The lowest BCUT2D eigenvalue weighted by Crippen LogP contribution is -2.45. The molecular weight excluding hydrogens is 314 g/mol. The minimum absolute atomic E-state index is 0.0357. The van der Waals surface area contributed by atoms with Gasteiger partial charge in [-0.3, -0.25) is 15.0 Å². The summed E-state index contributed by atoms with van der Waals surface area (Å²) in [6.45, 7) is 5.46. The molecule has 1 aromatic heterocycles. The molecule has 2 aromatic rings. The van der Waals surface area contributed by atoms with E-state index in [1.165, 1.54) is 12.0 Å². The number of anilines is 1. The van der Waals surface area contributed by atoms with E-state index in [0.29, 0.717) is 18.5 Å². The van der Waals surface area contributed by atoms with Crippen molar-refractivity contribution < 1.29 is 9.32 Å². The predicted octanol–water partition coefficient (Wildman–Crippen LogP) is 3.83. The predicted molar refractivity (Wildman–Crippen MR) is 98.6 cm³/mol. The second-order valence-electron chi connectivity index (χ2n) is 7.13. The average Bonchev–Trinajstić information content (AvgIpc) is 3.06. The van der Waals surface area contributed by atoms with Crippen molar-refractivity contribution in [2.45, 2.75) is 51.5 Å². The Labute approximate surface area is 149 Å². The van der Waals surface area contributed by atoms with Gasteiger partial charge >= 0.3 is 0 Å². The molecule has 3 rings (SSSR count). The molecule has 5 nitrogen and oxygen atoms in total. The number of carbonyl (C=O) groups excluding carboxylic acids is 1. The van der Waals surface area contributed by atoms with Gasteiger partial charge < -0.3 is 4.52 Å². The van der Waals surface area contributed by atoms with Gasteiger partial charge in [0.05, 0.1) is 12.2 Å². The van der Waals surface area contributed by atoms with E-state index in [1.807, 2.05) is 19.9 Å². The smallest absolute Gasteiger partial charge is 0.240 e. The summed E-state index contributed by atoms with van der Waals surface area (Å²) in [6, 6.07) is 12.7. The number of likely N-dealkylation sites (tertiary alicyclic amines) is 1. The van der Waals surface area contributed by atoms with Crippen molar-refractivity contribution >= 4 is 11.8 Å². The average molecular weight is 341 g/mol. The standard InChI is InChI=1S/C20H27N3O2/c1-15(2)18-13-20(25-22-18)21-19(24)14-23-11-7-6-10-17(23)12-16-8-4-3-5-9-16/h3-5,8-9,13,15,17H,6-7,10-12,14H2,1-2H3,(H,21,24). The molecule has 1 saturated heterocycles. The second kappa shape index (κ2) is 8.30. The Morgan fingerprint density at radius 2 is 2.12 bits per heavy atom. The van der Waals surface area contributed by atoms with Crippen LogP contribution >= 0.6 is 0 Å². The topological polar surface area (TPSA) is 58.4 Å². The summed E-state index contributed by atoms with van der Waals surface area (Å²) in [5.74, 6) is 0.684. The monoisotopic (exact) mass is 341 g/mol. The molecule has 134 valence electrons. The summed E-state index contributed by atoms with van der Waals surface area (Å²) < 4.78 is 5.21. The Morgan fingerprint density at radius 1 is 1.32 bits per heavy atom. The van der Waals surface area contributed by atoms with Crippen LogP contribution in [0.4, 0.5) is 5.88 Å². The van der Waals surface area contributed by atoms with Gasteiger partial charge in [0, 0.05) is 12.1 Å². The third kappa shape index (κ3) is 4.92. The van der Waals surface area contributed by atoms with Gasteiger partial charge in [0.2, 0.25) is 11.8 Å². The van der Waals surface area contributed by atoms with E-state index in [4.69, 9.17) is 4.52 Å². The molecule has 1 aliphatic rings. The highest BCUT2D eigenvalue weighted by atomic mass is 16.5. The Hall–Kier alpha value is -2.14. The molecule has 0 saturated carbocycles. The molecule has 1 N–H and O–H groups in total. The van der Waals surface area contributed by atoms with Crippen LogP contribution in [0, 0.1) is 0 Å². The van der Waals surface area contributed by atoms with Crippen LogP contribution in [0.25, 0.3) is 0 Å². The van der Waals surface area contributed by atoms with Gasteiger partial charge in [-0.25, -0.2) is 0 Å². The number of carbonyl (C=O) groups is 1. The maximum absolute atomic E-state index is 12.4. The lowest BCUT2D eigenvalue weighted by atomic mass is 9.95. The van der Waals surface area contributed by atoms with E-state index in [9.17, 15) is 4.79 Å². The summed E-state index contributed by atoms with van der Waals surface area (Å²) in [4.78, 5) is 14.7. The zero-order chi connectivity index (χ0) is 17.6. The normalized spacial score (nSPS) is 18.4. The van der Waals surface area contributed by atoms with Crippen molar-refractivity contribution in [2.75, 3.05) is 18.4 Å². The minimum Gasteiger partial charge on any atom is -0.338 e. The fourth-order valence-corrected chi connectivity index (χ4v) is 3.37. The first-order valence-corrected chi connectivity index (χ1v) is 9.16. The van der Waals surface area contributed by atoms with Crippen LogP contribution in [0.1, 0.15) is 50.3 Å². The van der Waals surface area contributed by atoms with E-state index < -0.39 is 0 Å². The second-order valence-corrected chi connectivity index (χ2v) is 7.13. The van der Waals surface area contributed by atoms with E-state index in [-0.39, 0.29) is 11.8 Å². The van der Waals surface area contributed by atoms with Crippen LogP contribution in [0.2, 0.25) is 0 Å². The molecule has 1 fully saturated rings. The van der Waals surface area contributed by atoms with Crippen LogP contribution in [0.5, 0.6) is 0 Å². The molecule has 2 heterocycles. The number of hydrogen-bond acceptors (Lipinski definition) is 4. The van der Waals surface area contributed by atoms with Gasteiger partial charge in [-0.05, 0) is 37.3 Å². The highest BCUT2D eigenvalue weighted by Crippen LogP contribution is 2.21. The lowest BCUT2D eigenvalue weighted by molar-refractivity contribution is -0.118. The molecule has 0 radical (unpaired) electrons. The summed E-state index contributed by atoms with van der Waals surface area (Å²) in [6.07, 6.45) is 4.52. The van der Waals surface area contributed by atoms with Gasteiger partial charge in [-0.2, -0.15) is 0 Å². The Kier molecular flexibility index (Phi) is 5.87. The molecule has 0 aliphatic carbocycles. The van der Waals surface area contributed by atoms with Crippen molar-refractivity contribution in [1.82, 2.24) is 10.1 Å². The first kappa shape index (κ1) is 17.7. The zero-order valence-electron chi connectivity index (χ0n) is 15.1. The third-order valence-corrected chi connectivity index (χ3v) is 4.79. The first-order valence-electron chi connectivity index (χ1n) is 9.16. The number of amides is 1. The zero-order valence-corrected chi connectivity index (χ0v) is 15.1. The molecule has 25 heavy (non-hydrogen) atoms. The number of nitrogens with one attached hydrogen (secondary N) is 1. The molecule has 0 bridgehead atoms. The molecule has 5 heteroatoms. The third-order valence-electron chi connectivity index (χ3n) is 4.79. The van der Waals surface area contributed by atoms with Crippen LogP contribution < -0.4 is 5.32 Å². The number of hydrogen-bond donors (Lipinski definition) is 1. The van der Waals surface area contributed by atoms with Crippen molar-refractivity contribution in [1.29, 1.82) is 0 Å². The molecule has 1 amide bonds. The fourth-order valence-electron chi connectivity index (χ4n) is 3.37. The summed E-state index contributed by atoms with van der Waals surface area (Å²) in [5.41, 5.74) is 2.19. The summed E-state index contributed by atoms with van der Waals surface area (Å²) in [7, 11) is 0. The van der Waals surface area contributed by atoms with Gasteiger partial charge in [-0.1, -0.05) is 55.8 Å². The van der Waals surface area contributed by atoms with Crippen LogP contribution in [-0.4, -0.2) is 35.1 Å². The number of benzene rings is 1. The molecule has 1 aromatic carbocycles. The molecule has 0 spiro atoms. The quantitative estimate of drug-likeness (QED) is 0.867. The van der Waals surface area contributed by atoms with Gasteiger partial charge in [0.1, 0.15) is 0 Å². The molecule has 1 atom stereocenters. The Morgan fingerprint density at radius 3 is 2.84 bits per heavy atom. The van der Waals surface area contributed by atoms with Crippen molar-refractivity contribution in [3.05, 3.63) is 47.7 Å². The largest absolute Gasteiger partial charge is 0.338 e. The summed E-state index contributed by atoms with van der Waals surface area (Å²) >= 11 is 0. The maximum Gasteiger partial charge on any atom is 0.240 e. The van der Waals surface area contributed by atoms with E-state index in [0.717, 1.165) is 31.5 Å². The first-order chi connectivity index (χ1) is 12.1. The van der Waals surface area contributed by atoms with Crippen molar-refractivity contribution in [3.8, 4) is 0 Å². The maximum atomic E-state index is 12.4. The Bertz CT molecular complexity index is 681. The fraction of sp³-hybridized carbons (Fsp3) is 0.500. The number of rotatable bonds is 6. The SMILES string of the molecule is CC(C)c1cc(NC(=O)CN2CCCCC2Cc2ccccc2)on1. The van der Waals surface area contributed by atoms with Crippen LogP contribution in [0.3, 0.4) is 0 Å². The number of nitrogens with zero attached hydrogens (tertiary/aromatic N) is 2. The van der Waals surface area contributed by atoms with Crippen LogP contribution in [0.15, 0.2) is 40.9 Å². The molecule has 1 unspecified atom stereocenters. The van der Waals surface area contributed by atoms with Crippen LogP contribution in [-0.2, 0) is 11.2 Å². The van der Waals surface area contributed by atoms with E-state index in [2.05, 4.69) is 39.6 Å². The Balaban J connectivity index is 1.57. The highest BCUT2D eigenvalue weighted by Gasteiger charge is 2.25.